The van der Waals surface area contributed by atoms with E-state index in [0.717, 1.165) is 37.4 Å². The molecule has 1 unspecified atom stereocenters. The van der Waals surface area contributed by atoms with Crippen LogP contribution in [0.15, 0.2) is 42.7 Å². The summed E-state index contributed by atoms with van der Waals surface area (Å²) in [5, 5.41) is 0. The predicted octanol–water partition coefficient (Wildman–Crippen LogP) is 1.96. The molecule has 2 aromatic rings. The van der Waals surface area contributed by atoms with Gasteiger partial charge in [-0.15, -0.1) is 0 Å². The quantitative estimate of drug-likeness (QED) is 0.732. The fourth-order valence-electron chi connectivity index (χ4n) is 4.31. The lowest BCUT2D eigenvalue weighted by molar-refractivity contribution is -0.143. The molecule has 2 saturated heterocycles. The standard InChI is InChI=1S/C23H29N5O3/c1-31-20-6-2-5-18(15-20)16-28-17-19(7-8-21(28)29)22(30)26-11-4-12-27(14-13-26)23-24-9-3-10-25-23/h2-3,5-6,9-10,15,19H,4,7-8,11-14,16-17H2,1H3. The minimum Gasteiger partial charge on any atom is -0.497 e. The number of amides is 2. The summed E-state index contributed by atoms with van der Waals surface area (Å²) in [7, 11) is 1.63. The summed E-state index contributed by atoms with van der Waals surface area (Å²) in [6.45, 7) is 3.89. The fourth-order valence-corrected chi connectivity index (χ4v) is 4.31. The van der Waals surface area contributed by atoms with E-state index in [1.54, 1.807) is 25.6 Å². The number of carbonyl (C=O) groups is 2. The molecule has 0 spiro atoms. The van der Waals surface area contributed by atoms with Crippen molar-refractivity contribution in [2.75, 3.05) is 44.7 Å². The molecule has 2 aliphatic rings. The van der Waals surface area contributed by atoms with E-state index in [0.29, 0.717) is 38.4 Å². The summed E-state index contributed by atoms with van der Waals surface area (Å²) in [6.07, 6.45) is 5.40. The highest BCUT2D eigenvalue weighted by molar-refractivity contribution is 5.84. The SMILES string of the molecule is COc1cccc(CN2CC(C(=O)N3CCCN(c4ncccn4)CC3)CCC2=O)c1. The van der Waals surface area contributed by atoms with E-state index in [1.165, 1.54) is 0 Å². The third kappa shape index (κ3) is 5.13. The van der Waals surface area contributed by atoms with Gasteiger partial charge in [0.2, 0.25) is 17.8 Å². The van der Waals surface area contributed by atoms with E-state index in [2.05, 4.69) is 14.9 Å². The maximum Gasteiger partial charge on any atom is 0.227 e. The highest BCUT2D eigenvalue weighted by Gasteiger charge is 2.33. The number of hydrogen-bond acceptors (Lipinski definition) is 6. The summed E-state index contributed by atoms with van der Waals surface area (Å²) in [6, 6.07) is 9.53. The molecule has 1 atom stereocenters. The third-order valence-corrected chi connectivity index (χ3v) is 6.00. The van der Waals surface area contributed by atoms with E-state index in [9.17, 15) is 9.59 Å². The summed E-state index contributed by atoms with van der Waals surface area (Å²) < 4.78 is 5.28. The van der Waals surface area contributed by atoms with E-state index < -0.39 is 0 Å². The largest absolute Gasteiger partial charge is 0.497 e. The molecule has 3 heterocycles. The van der Waals surface area contributed by atoms with Crippen molar-refractivity contribution < 1.29 is 14.3 Å². The van der Waals surface area contributed by atoms with Gasteiger partial charge in [-0.25, -0.2) is 9.97 Å². The van der Waals surface area contributed by atoms with Gasteiger partial charge in [0.05, 0.1) is 13.0 Å². The molecule has 2 fully saturated rings. The Balaban J connectivity index is 1.37. The lowest BCUT2D eigenvalue weighted by Gasteiger charge is -2.34. The van der Waals surface area contributed by atoms with Crippen molar-refractivity contribution in [2.45, 2.75) is 25.8 Å². The molecule has 31 heavy (non-hydrogen) atoms. The number of piperidine rings is 1. The van der Waals surface area contributed by atoms with Crippen LogP contribution in [0.2, 0.25) is 0 Å². The van der Waals surface area contributed by atoms with E-state index >= 15 is 0 Å². The molecule has 1 aromatic heterocycles. The van der Waals surface area contributed by atoms with Gasteiger partial charge in [0, 0.05) is 58.1 Å². The molecule has 0 radical (unpaired) electrons. The maximum atomic E-state index is 13.3. The van der Waals surface area contributed by atoms with Gasteiger partial charge in [-0.3, -0.25) is 9.59 Å². The van der Waals surface area contributed by atoms with Gasteiger partial charge in [-0.1, -0.05) is 12.1 Å². The summed E-state index contributed by atoms with van der Waals surface area (Å²) in [5.41, 5.74) is 1.01. The van der Waals surface area contributed by atoms with Crippen LogP contribution in [0.4, 0.5) is 5.95 Å². The summed E-state index contributed by atoms with van der Waals surface area (Å²) in [5.74, 6) is 1.59. The highest BCUT2D eigenvalue weighted by Crippen LogP contribution is 2.24. The van der Waals surface area contributed by atoms with Crippen molar-refractivity contribution >= 4 is 17.8 Å². The molecule has 8 heteroatoms. The monoisotopic (exact) mass is 423 g/mol. The zero-order valence-corrected chi connectivity index (χ0v) is 17.9. The van der Waals surface area contributed by atoms with E-state index in [-0.39, 0.29) is 17.7 Å². The molecule has 0 aliphatic carbocycles. The Hall–Kier alpha value is -3.16. The fraction of sp³-hybridized carbons (Fsp3) is 0.478. The van der Waals surface area contributed by atoms with Gasteiger partial charge in [0.15, 0.2) is 0 Å². The van der Waals surface area contributed by atoms with Crippen LogP contribution >= 0.6 is 0 Å². The molecule has 1 aromatic carbocycles. The second kappa shape index (κ2) is 9.76. The van der Waals surface area contributed by atoms with Gasteiger partial charge in [-0.05, 0) is 36.6 Å². The molecule has 2 amide bonds. The topological polar surface area (TPSA) is 78.9 Å². The molecule has 4 rings (SSSR count). The summed E-state index contributed by atoms with van der Waals surface area (Å²) >= 11 is 0. The molecule has 0 bridgehead atoms. The molecule has 8 nitrogen and oxygen atoms in total. The second-order valence-electron chi connectivity index (χ2n) is 8.08. The minimum atomic E-state index is -0.150. The van der Waals surface area contributed by atoms with Crippen LogP contribution in [-0.2, 0) is 16.1 Å². The molecular formula is C23H29N5O3. The predicted molar refractivity (Wildman–Crippen MR) is 117 cm³/mol. The smallest absolute Gasteiger partial charge is 0.227 e. The first kappa shape index (κ1) is 21.1. The van der Waals surface area contributed by atoms with Crippen LogP contribution in [0, 0.1) is 5.92 Å². The van der Waals surface area contributed by atoms with Gasteiger partial charge >= 0.3 is 0 Å². The Morgan fingerprint density at radius 1 is 1.13 bits per heavy atom. The Labute approximate surface area is 182 Å². The second-order valence-corrected chi connectivity index (χ2v) is 8.08. The average molecular weight is 424 g/mol. The first-order valence-electron chi connectivity index (χ1n) is 10.9. The molecule has 0 N–H and O–H groups in total. The van der Waals surface area contributed by atoms with Crippen molar-refractivity contribution in [1.29, 1.82) is 0 Å². The van der Waals surface area contributed by atoms with Crippen LogP contribution in [0.3, 0.4) is 0 Å². The van der Waals surface area contributed by atoms with Crippen molar-refractivity contribution in [3.8, 4) is 5.75 Å². The Bertz CT molecular complexity index is 907. The van der Waals surface area contributed by atoms with Gasteiger partial charge in [0.25, 0.3) is 0 Å². The van der Waals surface area contributed by atoms with E-state index in [1.807, 2.05) is 34.1 Å². The zero-order chi connectivity index (χ0) is 21.6. The Kier molecular flexibility index (Phi) is 6.64. The molecule has 0 saturated carbocycles. The number of likely N-dealkylation sites (tertiary alicyclic amines) is 1. The Morgan fingerprint density at radius 2 is 1.97 bits per heavy atom. The van der Waals surface area contributed by atoms with Gasteiger partial charge in [0.1, 0.15) is 5.75 Å². The van der Waals surface area contributed by atoms with Crippen LogP contribution in [0.25, 0.3) is 0 Å². The van der Waals surface area contributed by atoms with Crippen LogP contribution < -0.4 is 9.64 Å². The first-order valence-corrected chi connectivity index (χ1v) is 10.9. The van der Waals surface area contributed by atoms with Crippen LogP contribution in [-0.4, -0.2) is 71.4 Å². The number of benzene rings is 1. The number of ether oxygens (including phenoxy) is 1. The third-order valence-electron chi connectivity index (χ3n) is 6.00. The average Bonchev–Trinajstić information content (AvgIpc) is 3.07. The van der Waals surface area contributed by atoms with Crippen molar-refractivity contribution in [3.63, 3.8) is 0 Å². The number of anilines is 1. The summed E-state index contributed by atoms with van der Waals surface area (Å²) in [4.78, 5) is 40.3. The highest BCUT2D eigenvalue weighted by atomic mass is 16.5. The van der Waals surface area contributed by atoms with Gasteiger partial charge < -0.3 is 19.4 Å². The van der Waals surface area contributed by atoms with Crippen molar-refractivity contribution in [3.05, 3.63) is 48.3 Å². The number of nitrogens with zero attached hydrogens (tertiary/aromatic N) is 5. The van der Waals surface area contributed by atoms with Crippen LogP contribution in [0.1, 0.15) is 24.8 Å². The van der Waals surface area contributed by atoms with Crippen molar-refractivity contribution in [2.24, 2.45) is 5.92 Å². The van der Waals surface area contributed by atoms with Gasteiger partial charge in [-0.2, -0.15) is 0 Å². The lowest BCUT2D eigenvalue weighted by atomic mass is 9.95. The number of carbonyl (C=O) groups excluding carboxylic acids is 2. The molecule has 164 valence electrons. The maximum absolute atomic E-state index is 13.3. The lowest BCUT2D eigenvalue weighted by Crippen LogP contribution is -2.47. The van der Waals surface area contributed by atoms with Crippen molar-refractivity contribution in [1.82, 2.24) is 19.8 Å². The normalized spacial score (nSPS) is 19.8. The number of rotatable bonds is 5. The molecular weight excluding hydrogens is 394 g/mol. The number of methoxy groups -OCH3 is 1. The number of hydrogen-bond donors (Lipinski definition) is 0. The Morgan fingerprint density at radius 3 is 2.77 bits per heavy atom. The minimum absolute atomic E-state index is 0.107. The first-order chi connectivity index (χ1) is 15.1. The number of aromatic nitrogens is 2. The molecule has 2 aliphatic heterocycles. The zero-order valence-electron chi connectivity index (χ0n) is 17.9. The van der Waals surface area contributed by atoms with E-state index in [4.69, 9.17) is 4.74 Å². The van der Waals surface area contributed by atoms with Crippen LogP contribution in [0.5, 0.6) is 5.75 Å².